The predicted molar refractivity (Wildman–Crippen MR) is 113 cm³/mol. The lowest BCUT2D eigenvalue weighted by molar-refractivity contribution is 0.0724. The second-order valence-corrected chi connectivity index (χ2v) is 7.55. The highest BCUT2D eigenvalue weighted by molar-refractivity contribution is 6.05. The van der Waals surface area contributed by atoms with Crippen LogP contribution in [0.1, 0.15) is 45.7 Å². The molecule has 1 fully saturated rings. The van der Waals surface area contributed by atoms with Crippen LogP contribution in [0.2, 0.25) is 0 Å². The SMILES string of the molecule is Cc1cc(-c2cc(F)cc(C(=O)Nc3cccc(C(=O)N4CCCCC4)c3)c2)n[nH]1. The number of piperidine rings is 1. The molecule has 0 radical (unpaired) electrons. The molecule has 1 saturated heterocycles. The van der Waals surface area contributed by atoms with Crippen molar-refractivity contribution in [3.05, 3.63) is 71.2 Å². The normalized spacial score (nSPS) is 13.9. The molecule has 0 aliphatic carbocycles. The van der Waals surface area contributed by atoms with Crippen molar-refractivity contribution in [2.45, 2.75) is 26.2 Å². The van der Waals surface area contributed by atoms with E-state index in [1.165, 1.54) is 12.1 Å². The highest BCUT2D eigenvalue weighted by Gasteiger charge is 2.19. The van der Waals surface area contributed by atoms with E-state index in [1.54, 1.807) is 36.4 Å². The van der Waals surface area contributed by atoms with Gasteiger partial charge in [-0.2, -0.15) is 5.10 Å². The van der Waals surface area contributed by atoms with Crippen LogP contribution in [0, 0.1) is 12.7 Å². The van der Waals surface area contributed by atoms with Crippen molar-refractivity contribution < 1.29 is 14.0 Å². The molecule has 2 heterocycles. The van der Waals surface area contributed by atoms with Gasteiger partial charge in [0.25, 0.3) is 11.8 Å². The third-order valence-electron chi connectivity index (χ3n) is 5.17. The van der Waals surface area contributed by atoms with Crippen LogP contribution in [0.3, 0.4) is 0 Å². The van der Waals surface area contributed by atoms with Gasteiger partial charge in [0, 0.05) is 41.2 Å². The first-order chi connectivity index (χ1) is 14.5. The molecule has 30 heavy (non-hydrogen) atoms. The number of aryl methyl sites for hydroxylation is 1. The zero-order chi connectivity index (χ0) is 21.1. The van der Waals surface area contributed by atoms with E-state index in [4.69, 9.17) is 0 Å². The molecule has 0 bridgehead atoms. The summed E-state index contributed by atoms with van der Waals surface area (Å²) in [5, 5.41) is 9.69. The van der Waals surface area contributed by atoms with Crippen molar-refractivity contribution in [1.82, 2.24) is 15.1 Å². The average molecular weight is 406 g/mol. The van der Waals surface area contributed by atoms with Crippen LogP contribution >= 0.6 is 0 Å². The van der Waals surface area contributed by atoms with E-state index in [0.717, 1.165) is 38.0 Å². The topological polar surface area (TPSA) is 78.1 Å². The molecule has 0 atom stereocenters. The average Bonchev–Trinajstić information content (AvgIpc) is 3.20. The van der Waals surface area contributed by atoms with Crippen LogP contribution < -0.4 is 5.32 Å². The van der Waals surface area contributed by atoms with Crippen molar-refractivity contribution in [3.8, 4) is 11.3 Å². The number of halogens is 1. The Morgan fingerprint density at radius 1 is 1.03 bits per heavy atom. The molecule has 154 valence electrons. The van der Waals surface area contributed by atoms with Gasteiger partial charge in [0.15, 0.2) is 0 Å². The number of benzene rings is 2. The standard InChI is InChI=1S/C23H23FN4O2/c1-15-10-21(27-26-15)17-11-18(13-19(24)12-17)22(29)25-20-7-5-6-16(14-20)23(30)28-8-3-2-4-9-28/h5-7,10-14H,2-4,8-9H2,1H3,(H,25,29)(H,26,27). The zero-order valence-electron chi connectivity index (χ0n) is 16.7. The number of carbonyl (C=O) groups is 2. The Bertz CT molecular complexity index is 1090. The molecule has 2 amide bonds. The van der Waals surface area contributed by atoms with Gasteiger partial charge in [-0.3, -0.25) is 14.7 Å². The Labute approximate surface area is 174 Å². The fourth-order valence-electron chi connectivity index (χ4n) is 3.65. The lowest BCUT2D eigenvalue weighted by atomic mass is 10.1. The van der Waals surface area contributed by atoms with E-state index < -0.39 is 11.7 Å². The summed E-state index contributed by atoms with van der Waals surface area (Å²) in [5.41, 5.74) is 3.12. The zero-order valence-corrected chi connectivity index (χ0v) is 16.7. The molecule has 2 aromatic carbocycles. The molecule has 0 spiro atoms. The van der Waals surface area contributed by atoms with Crippen LogP contribution in [0.4, 0.5) is 10.1 Å². The monoisotopic (exact) mass is 406 g/mol. The molecule has 0 unspecified atom stereocenters. The number of rotatable bonds is 4. The summed E-state index contributed by atoms with van der Waals surface area (Å²) in [4.78, 5) is 27.3. The lowest BCUT2D eigenvalue weighted by Crippen LogP contribution is -2.35. The summed E-state index contributed by atoms with van der Waals surface area (Å²) in [6.07, 6.45) is 3.17. The van der Waals surface area contributed by atoms with Crippen LogP contribution in [0.25, 0.3) is 11.3 Å². The van der Waals surface area contributed by atoms with E-state index in [1.807, 2.05) is 11.8 Å². The molecule has 4 rings (SSSR count). The second kappa shape index (κ2) is 8.49. The maximum atomic E-state index is 14.1. The third-order valence-corrected chi connectivity index (χ3v) is 5.17. The number of likely N-dealkylation sites (tertiary alicyclic amines) is 1. The molecule has 1 aromatic heterocycles. The van der Waals surface area contributed by atoms with Gasteiger partial charge in [-0.15, -0.1) is 0 Å². The highest BCUT2D eigenvalue weighted by atomic mass is 19.1. The number of H-pyrrole nitrogens is 1. The molecule has 2 N–H and O–H groups in total. The molecule has 6 nitrogen and oxygen atoms in total. The van der Waals surface area contributed by atoms with Crippen LogP contribution in [-0.4, -0.2) is 40.0 Å². The molecular formula is C23H23FN4O2. The van der Waals surface area contributed by atoms with Crippen molar-refractivity contribution in [1.29, 1.82) is 0 Å². The number of nitrogens with one attached hydrogen (secondary N) is 2. The smallest absolute Gasteiger partial charge is 0.255 e. The van der Waals surface area contributed by atoms with Gasteiger partial charge in [-0.1, -0.05) is 6.07 Å². The largest absolute Gasteiger partial charge is 0.339 e. The quantitative estimate of drug-likeness (QED) is 0.674. The van der Waals surface area contributed by atoms with Crippen LogP contribution in [0.5, 0.6) is 0 Å². The lowest BCUT2D eigenvalue weighted by Gasteiger charge is -2.26. The van der Waals surface area contributed by atoms with Crippen molar-refractivity contribution in [2.24, 2.45) is 0 Å². The fourth-order valence-corrected chi connectivity index (χ4v) is 3.65. The van der Waals surface area contributed by atoms with Crippen LogP contribution in [-0.2, 0) is 0 Å². The second-order valence-electron chi connectivity index (χ2n) is 7.55. The number of hydrogen-bond donors (Lipinski definition) is 2. The number of aromatic nitrogens is 2. The van der Waals surface area contributed by atoms with Gasteiger partial charge in [0.05, 0.1) is 5.69 Å². The summed E-state index contributed by atoms with van der Waals surface area (Å²) < 4.78 is 14.1. The van der Waals surface area contributed by atoms with Gasteiger partial charge in [-0.25, -0.2) is 4.39 Å². The molecular weight excluding hydrogens is 383 g/mol. The van der Waals surface area contributed by atoms with Crippen LogP contribution in [0.15, 0.2) is 48.5 Å². The summed E-state index contributed by atoms with van der Waals surface area (Å²) in [6.45, 7) is 3.36. The van der Waals surface area contributed by atoms with E-state index >= 15 is 0 Å². The van der Waals surface area contributed by atoms with Gasteiger partial charge >= 0.3 is 0 Å². The summed E-state index contributed by atoms with van der Waals surface area (Å²) in [7, 11) is 0. The first kappa shape index (κ1) is 19.8. The number of amides is 2. The maximum absolute atomic E-state index is 14.1. The minimum atomic E-state index is -0.521. The van der Waals surface area contributed by atoms with Crippen molar-refractivity contribution >= 4 is 17.5 Å². The van der Waals surface area contributed by atoms with E-state index in [2.05, 4.69) is 15.5 Å². The molecule has 1 aliphatic rings. The Hall–Kier alpha value is -3.48. The van der Waals surface area contributed by atoms with Crippen molar-refractivity contribution in [3.63, 3.8) is 0 Å². The molecule has 0 saturated carbocycles. The maximum Gasteiger partial charge on any atom is 0.255 e. The van der Waals surface area contributed by atoms with E-state index in [-0.39, 0.29) is 11.5 Å². The Balaban J connectivity index is 1.53. The third kappa shape index (κ3) is 4.40. The summed E-state index contributed by atoms with van der Waals surface area (Å²) in [6, 6.07) is 12.7. The minimum absolute atomic E-state index is 0.0345. The molecule has 1 aliphatic heterocycles. The van der Waals surface area contributed by atoms with Crippen molar-refractivity contribution in [2.75, 3.05) is 18.4 Å². The number of anilines is 1. The summed E-state index contributed by atoms with van der Waals surface area (Å²) >= 11 is 0. The Kier molecular flexibility index (Phi) is 5.61. The minimum Gasteiger partial charge on any atom is -0.339 e. The first-order valence-electron chi connectivity index (χ1n) is 10.0. The molecule has 3 aromatic rings. The summed E-state index contributed by atoms with van der Waals surface area (Å²) in [5.74, 6) is -1.01. The highest BCUT2D eigenvalue weighted by Crippen LogP contribution is 2.22. The first-order valence-corrected chi connectivity index (χ1v) is 10.0. The number of carbonyl (C=O) groups excluding carboxylic acids is 2. The predicted octanol–water partition coefficient (Wildman–Crippen LogP) is 4.40. The van der Waals surface area contributed by atoms with Gasteiger partial charge in [0.2, 0.25) is 0 Å². The number of aromatic amines is 1. The van der Waals surface area contributed by atoms with E-state index in [9.17, 15) is 14.0 Å². The van der Waals surface area contributed by atoms with Gasteiger partial charge in [-0.05, 0) is 68.7 Å². The van der Waals surface area contributed by atoms with E-state index in [0.29, 0.717) is 22.5 Å². The Morgan fingerprint density at radius 3 is 2.57 bits per heavy atom. The van der Waals surface area contributed by atoms with Gasteiger partial charge in [0.1, 0.15) is 5.82 Å². The van der Waals surface area contributed by atoms with Gasteiger partial charge < -0.3 is 10.2 Å². The number of hydrogen-bond acceptors (Lipinski definition) is 3. The fraction of sp³-hybridized carbons (Fsp3) is 0.261. The number of nitrogens with zero attached hydrogens (tertiary/aromatic N) is 2. The molecule has 7 heteroatoms. The Morgan fingerprint density at radius 2 is 1.83 bits per heavy atom.